The zero-order valence-corrected chi connectivity index (χ0v) is 11.7. The number of rotatable bonds is 5. The highest BCUT2D eigenvalue weighted by atomic mass is 16.1. The third-order valence-corrected chi connectivity index (χ3v) is 3.12. The number of hydrogen-bond acceptors (Lipinski definition) is 3. The molecule has 0 radical (unpaired) electrons. The van der Waals surface area contributed by atoms with Gasteiger partial charge in [0.1, 0.15) is 0 Å². The molecule has 1 atom stereocenters. The zero-order valence-electron chi connectivity index (χ0n) is 11.7. The molecule has 0 saturated heterocycles. The number of aromatic nitrogens is 1. The Kier molecular flexibility index (Phi) is 4.35. The van der Waals surface area contributed by atoms with Crippen LogP contribution in [-0.4, -0.2) is 36.6 Å². The second-order valence-corrected chi connectivity index (χ2v) is 5.25. The number of para-hydroxylation sites is 1. The largest absolute Gasteiger partial charge is 0.322 e. The summed E-state index contributed by atoms with van der Waals surface area (Å²) < 4.78 is 0. The number of fused-ring (bicyclic) bond motifs is 1. The van der Waals surface area contributed by atoms with E-state index in [1.807, 2.05) is 24.3 Å². The van der Waals surface area contributed by atoms with Crippen LogP contribution in [-0.2, 0) is 6.54 Å². The van der Waals surface area contributed by atoms with Crippen LogP contribution >= 0.6 is 0 Å². The van der Waals surface area contributed by atoms with Gasteiger partial charge in [-0.15, -0.1) is 0 Å². The summed E-state index contributed by atoms with van der Waals surface area (Å²) in [7, 11) is 4.11. The van der Waals surface area contributed by atoms with Crippen LogP contribution in [0.5, 0.6) is 0 Å². The van der Waals surface area contributed by atoms with Crippen molar-refractivity contribution in [2.24, 2.45) is 0 Å². The average molecular weight is 259 g/mol. The molecule has 0 bridgehead atoms. The Morgan fingerprint density at radius 3 is 2.79 bits per heavy atom. The van der Waals surface area contributed by atoms with E-state index in [1.165, 1.54) is 0 Å². The van der Waals surface area contributed by atoms with E-state index in [1.54, 1.807) is 6.07 Å². The number of pyridine rings is 1. The highest BCUT2D eigenvalue weighted by Crippen LogP contribution is 2.14. The summed E-state index contributed by atoms with van der Waals surface area (Å²) in [5.41, 5.74) is 1.90. The summed E-state index contributed by atoms with van der Waals surface area (Å²) in [5.74, 6) is 0. The van der Waals surface area contributed by atoms with Gasteiger partial charge >= 0.3 is 0 Å². The van der Waals surface area contributed by atoms with Gasteiger partial charge in [0.2, 0.25) is 5.56 Å². The van der Waals surface area contributed by atoms with Gasteiger partial charge < -0.3 is 15.2 Å². The van der Waals surface area contributed by atoms with Gasteiger partial charge in [-0.1, -0.05) is 18.2 Å². The van der Waals surface area contributed by atoms with E-state index in [4.69, 9.17) is 0 Å². The van der Waals surface area contributed by atoms with Crippen molar-refractivity contribution in [1.82, 2.24) is 15.2 Å². The summed E-state index contributed by atoms with van der Waals surface area (Å²) in [6, 6.07) is 9.96. The number of aromatic amines is 1. The van der Waals surface area contributed by atoms with E-state index in [-0.39, 0.29) is 5.56 Å². The molecule has 1 aromatic carbocycles. The minimum atomic E-state index is -0.0456. The molecule has 0 fully saturated rings. The van der Waals surface area contributed by atoms with Crippen LogP contribution in [0.2, 0.25) is 0 Å². The number of nitrogens with zero attached hydrogens (tertiary/aromatic N) is 1. The van der Waals surface area contributed by atoms with E-state index in [2.05, 4.69) is 36.2 Å². The first-order chi connectivity index (χ1) is 9.06. The molecular weight excluding hydrogens is 238 g/mol. The maximum Gasteiger partial charge on any atom is 0.248 e. The van der Waals surface area contributed by atoms with E-state index in [0.717, 1.165) is 23.0 Å². The fourth-order valence-corrected chi connectivity index (χ4v) is 2.32. The molecule has 4 nitrogen and oxygen atoms in total. The lowest BCUT2D eigenvalue weighted by atomic mass is 10.1. The monoisotopic (exact) mass is 259 g/mol. The van der Waals surface area contributed by atoms with Crippen LogP contribution in [0.3, 0.4) is 0 Å². The van der Waals surface area contributed by atoms with Crippen molar-refractivity contribution in [2.45, 2.75) is 19.5 Å². The number of H-pyrrole nitrogens is 1. The van der Waals surface area contributed by atoms with Gasteiger partial charge in [0.05, 0.1) is 0 Å². The molecule has 2 N–H and O–H groups in total. The van der Waals surface area contributed by atoms with Crippen molar-refractivity contribution >= 4 is 10.9 Å². The molecule has 0 aliphatic carbocycles. The van der Waals surface area contributed by atoms with Gasteiger partial charge in [-0.2, -0.15) is 0 Å². The lowest BCUT2D eigenvalue weighted by molar-refractivity contribution is 0.349. The Hall–Kier alpha value is -1.65. The number of likely N-dealkylation sites (N-methyl/N-ethyl adjacent to an activating group) is 1. The van der Waals surface area contributed by atoms with Crippen LogP contribution in [0.25, 0.3) is 10.9 Å². The van der Waals surface area contributed by atoms with E-state index in [0.29, 0.717) is 12.6 Å². The molecule has 0 spiro atoms. The van der Waals surface area contributed by atoms with Crippen LogP contribution in [0.1, 0.15) is 12.5 Å². The van der Waals surface area contributed by atoms with Crippen LogP contribution in [0.15, 0.2) is 35.1 Å². The Morgan fingerprint density at radius 1 is 1.32 bits per heavy atom. The van der Waals surface area contributed by atoms with Crippen LogP contribution < -0.4 is 10.9 Å². The van der Waals surface area contributed by atoms with Gasteiger partial charge in [0.15, 0.2) is 0 Å². The summed E-state index contributed by atoms with van der Waals surface area (Å²) in [4.78, 5) is 16.6. The first-order valence-electron chi connectivity index (χ1n) is 6.55. The van der Waals surface area contributed by atoms with Crippen LogP contribution in [0, 0.1) is 0 Å². The minimum absolute atomic E-state index is 0.0456. The smallest absolute Gasteiger partial charge is 0.248 e. The molecule has 0 aliphatic heterocycles. The maximum atomic E-state index is 11.6. The summed E-state index contributed by atoms with van der Waals surface area (Å²) in [5, 5.41) is 4.56. The number of hydrogen-bond donors (Lipinski definition) is 2. The zero-order chi connectivity index (χ0) is 13.8. The van der Waals surface area contributed by atoms with Gasteiger partial charge in [-0.3, -0.25) is 4.79 Å². The van der Waals surface area contributed by atoms with Crippen LogP contribution in [0.4, 0.5) is 0 Å². The Labute approximate surface area is 113 Å². The molecule has 2 rings (SSSR count). The first kappa shape index (κ1) is 13.8. The third-order valence-electron chi connectivity index (χ3n) is 3.12. The Morgan fingerprint density at radius 2 is 2.05 bits per heavy atom. The SMILES string of the molecule is CC(CN(C)C)NCc1cc(=O)[nH]c2ccccc12. The topological polar surface area (TPSA) is 48.1 Å². The standard InChI is InChI=1S/C15H21N3O/c1-11(10-18(2)3)16-9-12-8-15(19)17-14-7-5-4-6-13(12)14/h4-8,11,16H,9-10H2,1-3H3,(H,17,19). The van der Waals surface area contributed by atoms with Gasteiger partial charge in [-0.25, -0.2) is 0 Å². The van der Waals surface area contributed by atoms with Gasteiger partial charge in [0.25, 0.3) is 0 Å². The summed E-state index contributed by atoms with van der Waals surface area (Å²) in [6.45, 7) is 3.83. The molecule has 1 heterocycles. The number of benzene rings is 1. The van der Waals surface area contributed by atoms with Crippen molar-refractivity contribution in [3.63, 3.8) is 0 Å². The first-order valence-corrected chi connectivity index (χ1v) is 6.55. The average Bonchev–Trinajstić information content (AvgIpc) is 2.35. The summed E-state index contributed by atoms with van der Waals surface area (Å²) in [6.07, 6.45) is 0. The molecule has 1 unspecified atom stereocenters. The second kappa shape index (κ2) is 5.99. The van der Waals surface area contributed by atoms with Crippen molar-refractivity contribution in [3.8, 4) is 0 Å². The molecule has 0 amide bonds. The van der Waals surface area contributed by atoms with E-state index >= 15 is 0 Å². The molecular formula is C15H21N3O. The highest BCUT2D eigenvalue weighted by Gasteiger charge is 2.06. The molecule has 19 heavy (non-hydrogen) atoms. The minimum Gasteiger partial charge on any atom is -0.322 e. The Balaban J connectivity index is 2.18. The molecule has 0 aliphatic rings. The fourth-order valence-electron chi connectivity index (χ4n) is 2.32. The predicted molar refractivity (Wildman–Crippen MR) is 79.4 cm³/mol. The number of nitrogens with one attached hydrogen (secondary N) is 2. The maximum absolute atomic E-state index is 11.6. The van der Waals surface area contributed by atoms with Crippen molar-refractivity contribution in [2.75, 3.05) is 20.6 Å². The van der Waals surface area contributed by atoms with Crippen molar-refractivity contribution in [1.29, 1.82) is 0 Å². The van der Waals surface area contributed by atoms with Gasteiger partial charge in [-0.05, 0) is 32.6 Å². The lowest BCUT2D eigenvalue weighted by Gasteiger charge is -2.18. The van der Waals surface area contributed by atoms with E-state index < -0.39 is 0 Å². The molecule has 102 valence electrons. The second-order valence-electron chi connectivity index (χ2n) is 5.25. The Bertz CT molecular complexity index is 604. The molecule has 0 saturated carbocycles. The third kappa shape index (κ3) is 3.66. The normalized spacial score (nSPS) is 13.1. The highest BCUT2D eigenvalue weighted by molar-refractivity contribution is 5.81. The molecule has 1 aromatic heterocycles. The lowest BCUT2D eigenvalue weighted by Crippen LogP contribution is -2.35. The van der Waals surface area contributed by atoms with Crippen molar-refractivity contribution in [3.05, 3.63) is 46.2 Å². The summed E-state index contributed by atoms with van der Waals surface area (Å²) >= 11 is 0. The molecule has 4 heteroatoms. The predicted octanol–water partition coefficient (Wildman–Crippen LogP) is 1.57. The molecule has 2 aromatic rings. The van der Waals surface area contributed by atoms with Crippen molar-refractivity contribution < 1.29 is 0 Å². The fraction of sp³-hybridized carbons (Fsp3) is 0.400. The van der Waals surface area contributed by atoms with E-state index in [9.17, 15) is 4.79 Å². The van der Waals surface area contributed by atoms with Gasteiger partial charge in [0, 0.05) is 36.1 Å². The quantitative estimate of drug-likeness (QED) is 0.857.